The van der Waals surface area contributed by atoms with Gasteiger partial charge in [0, 0.05) is 0 Å². The average Bonchev–Trinajstić information content (AvgIpc) is 3.10. The Bertz CT molecular complexity index is 1170. The highest BCUT2D eigenvalue weighted by atomic mass is 35.5. The van der Waals surface area contributed by atoms with E-state index in [2.05, 4.69) is 10.5 Å². The van der Waals surface area contributed by atoms with Crippen molar-refractivity contribution in [1.82, 2.24) is 5.16 Å². The second kappa shape index (κ2) is 10.2. The van der Waals surface area contributed by atoms with Crippen LogP contribution in [0.5, 0.6) is 5.75 Å². The van der Waals surface area contributed by atoms with E-state index in [1.807, 2.05) is 0 Å². The number of nitrogens with one attached hydrogen (secondary N) is 1. The minimum Gasteiger partial charge on any atom is -0.489 e. The summed E-state index contributed by atoms with van der Waals surface area (Å²) in [5.74, 6) is -0.498. The van der Waals surface area contributed by atoms with Gasteiger partial charge >= 0.3 is 12.1 Å². The van der Waals surface area contributed by atoms with Gasteiger partial charge in [0.25, 0.3) is 5.91 Å². The number of ether oxygens (including phenoxy) is 2. The molecule has 0 saturated heterocycles. The minimum atomic E-state index is -4.61. The van der Waals surface area contributed by atoms with E-state index in [0.29, 0.717) is 17.6 Å². The zero-order valence-corrected chi connectivity index (χ0v) is 19.1. The maximum absolute atomic E-state index is 12.9. The number of rotatable bonds is 7. The molecule has 0 saturated carbocycles. The molecule has 2 aromatic carbocycles. The molecule has 0 aliphatic rings. The minimum absolute atomic E-state index is 0.0907. The molecule has 1 aromatic heterocycles. The van der Waals surface area contributed by atoms with Crippen LogP contribution in [0.2, 0.25) is 5.02 Å². The van der Waals surface area contributed by atoms with Crippen molar-refractivity contribution in [1.29, 1.82) is 0 Å². The summed E-state index contributed by atoms with van der Waals surface area (Å²) < 4.78 is 54.6. The van der Waals surface area contributed by atoms with Crippen LogP contribution in [0.3, 0.4) is 0 Å². The molecule has 180 valence electrons. The first-order valence-electron chi connectivity index (χ1n) is 9.99. The van der Waals surface area contributed by atoms with Crippen molar-refractivity contribution in [3.8, 4) is 5.75 Å². The van der Waals surface area contributed by atoms with E-state index in [9.17, 15) is 22.8 Å². The number of aromatic nitrogens is 1. The van der Waals surface area contributed by atoms with Crippen LogP contribution < -0.4 is 10.1 Å². The fourth-order valence-corrected chi connectivity index (χ4v) is 3.03. The fourth-order valence-electron chi connectivity index (χ4n) is 2.86. The van der Waals surface area contributed by atoms with Crippen molar-refractivity contribution in [2.45, 2.75) is 39.7 Å². The van der Waals surface area contributed by atoms with Crippen molar-refractivity contribution in [2.75, 3.05) is 5.32 Å². The lowest BCUT2D eigenvalue weighted by Crippen LogP contribution is -2.30. The van der Waals surface area contributed by atoms with Crippen LogP contribution in [0, 0.1) is 13.8 Å². The summed E-state index contributed by atoms with van der Waals surface area (Å²) in [4.78, 5) is 24.7. The standard InChI is InChI=1S/C23H20ClF3N2O5/c1-12-18(13(2)34-29-12)11-32-17-7-4-15(5-8-17)22(31)33-14(3)21(30)28-20-10-16(23(25,26)27)6-9-19(20)24/h4-10,14H,11H2,1-3H3,(H,28,30)/t14-/m0/s1. The molecular weight excluding hydrogens is 477 g/mol. The summed E-state index contributed by atoms with van der Waals surface area (Å²) in [5.41, 5.74) is 0.472. The van der Waals surface area contributed by atoms with Crippen molar-refractivity contribution >= 4 is 29.2 Å². The molecule has 0 bridgehead atoms. The Balaban J connectivity index is 1.58. The van der Waals surface area contributed by atoms with Crippen LogP contribution in [0.4, 0.5) is 18.9 Å². The first kappa shape index (κ1) is 25.1. The molecule has 1 amide bonds. The Labute approximate surface area is 197 Å². The summed E-state index contributed by atoms with van der Waals surface area (Å²) >= 11 is 5.88. The Hall–Kier alpha value is -3.53. The number of benzene rings is 2. The second-order valence-corrected chi connectivity index (χ2v) is 7.75. The average molecular weight is 497 g/mol. The lowest BCUT2D eigenvalue weighted by molar-refractivity contribution is -0.137. The highest BCUT2D eigenvalue weighted by molar-refractivity contribution is 6.33. The van der Waals surface area contributed by atoms with Gasteiger partial charge in [-0.2, -0.15) is 13.2 Å². The zero-order valence-electron chi connectivity index (χ0n) is 18.3. The van der Waals surface area contributed by atoms with Gasteiger partial charge in [0.15, 0.2) is 6.10 Å². The third-order valence-corrected chi connectivity index (χ3v) is 5.19. The quantitative estimate of drug-likeness (QED) is 0.420. The highest BCUT2D eigenvalue weighted by Gasteiger charge is 2.31. The molecule has 11 heteroatoms. The SMILES string of the molecule is Cc1noc(C)c1COc1ccc(C(=O)O[C@@H](C)C(=O)Nc2cc(C(F)(F)F)ccc2Cl)cc1. The monoisotopic (exact) mass is 496 g/mol. The number of carbonyl (C=O) groups excluding carboxylic acids is 2. The molecule has 7 nitrogen and oxygen atoms in total. The van der Waals surface area contributed by atoms with Gasteiger partial charge in [-0.05, 0) is 63.2 Å². The molecule has 3 rings (SSSR count). The first-order chi connectivity index (χ1) is 16.0. The Morgan fingerprint density at radius 2 is 1.82 bits per heavy atom. The van der Waals surface area contributed by atoms with E-state index in [1.54, 1.807) is 26.0 Å². The smallest absolute Gasteiger partial charge is 0.416 e. The molecule has 1 heterocycles. The molecule has 0 spiro atoms. The number of amides is 1. The molecule has 1 atom stereocenters. The number of aryl methyl sites for hydroxylation is 2. The fraction of sp³-hybridized carbons (Fsp3) is 0.261. The predicted octanol–water partition coefficient (Wildman–Crippen LogP) is 5.73. The molecule has 0 aliphatic heterocycles. The molecular formula is C23H20ClF3N2O5. The molecule has 34 heavy (non-hydrogen) atoms. The maximum atomic E-state index is 12.9. The summed E-state index contributed by atoms with van der Waals surface area (Å²) in [7, 11) is 0. The van der Waals surface area contributed by atoms with Crippen molar-refractivity contribution in [3.63, 3.8) is 0 Å². The second-order valence-electron chi connectivity index (χ2n) is 7.34. The van der Waals surface area contributed by atoms with Gasteiger partial charge in [-0.1, -0.05) is 16.8 Å². The zero-order chi connectivity index (χ0) is 25.0. The Kier molecular flexibility index (Phi) is 7.51. The van der Waals surface area contributed by atoms with Gasteiger partial charge in [-0.3, -0.25) is 4.79 Å². The third kappa shape index (κ3) is 6.07. The maximum Gasteiger partial charge on any atom is 0.416 e. The number of alkyl halides is 3. The van der Waals surface area contributed by atoms with Crippen molar-refractivity contribution in [3.05, 3.63) is 75.6 Å². The normalized spacial score (nSPS) is 12.2. The number of anilines is 1. The molecule has 0 radical (unpaired) electrons. The van der Waals surface area contributed by atoms with E-state index in [1.165, 1.54) is 19.1 Å². The highest BCUT2D eigenvalue weighted by Crippen LogP contribution is 2.34. The van der Waals surface area contributed by atoms with E-state index >= 15 is 0 Å². The topological polar surface area (TPSA) is 90.7 Å². The molecule has 0 aliphatic carbocycles. The lowest BCUT2D eigenvalue weighted by Gasteiger charge is -2.16. The molecule has 1 N–H and O–H groups in total. The van der Waals surface area contributed by atoms with Crippen LogP contribution in [0.15, 0.2) is 47.0 Å². The number of carbonyl (C=O) groups is 2. The van der Waals surface area contributed by atoms with Gasteiger partial charge in [0.05, 0.1) is 33.1 Å². The molecule has 0 unspecified atom stereocenters. The number of nitrogens with zero attached hydrogens (tertiary/aromatic N) is 1. The predicted molar refractivity (Wildman–Crippen MR) is 117 cm³/mol. The Morgan fingerprint density at radius 1 is 1.15 bits per heavy atom. The third-order valence-electron chi connectivity index (χ3n) is 4.86. The number of halogens is 4. The summed E-state index contributed by atoms with van der Waals surface area (Å²) in [6, 6.07) is 8.55. The van der Waals surface area contributed by atoms with E-state index in [4.69, 9.17) is 25.6 Å². The molecule has 0 fully saturated rings. The van der Waals surface area contributed by atoms with Crippen LogP contribution in [-0.4, -0.2) is 23.1 Å². The Morgan fingerprint density at radius 3 is 2.41 bits per heavy atom. The van der Waals surface area contributed by atoms with Crippen molar-refractivity contribution in [2.24, 2.45) is 0 Å². The van der Waals surface area contributed by atoms with Crippen LogP contribution >= 0.6 is 11.6 Å². The van der Waals surface area contributed by atoms with E-state index in [-0.39, 0.29) is 22.9 Å². The number of hydrogen-bond acceptors (Lipinski definition) is 6. The van der Waals surface area contributed by atoms with Gasteiger partial charge in [-0.15, -0.1) is 0 Å². The van der Waals surface area contributed by atoms with E-state index < -0.39 is 29.7 Å². The summed E-state index contributed by atoms with van der Waals surface area (Å²) in [5, 5.41) is 6.00. The first-order valence-corrected chi connectivity index (χ1v) is 10.4. The van der Waals surface area contributed by atoms with Gasteiger partial charge < -0.3 is 19.3 Å². The van der Waals surface area contributed by atoms with Gasteiger partial charge in [-0.25, -0.2) is 4.79 Å². The number of esters is 1. The van der Waals surface area contributed by atoms with Gasteiger partial charge in [0.1, 0.15) is 18.1 Å². The molecule has 3 aromatic rings. The lowest BCUT2D eigenvalue weighted by atomic mass is 10.2. The summed E-state index contributed by atoms with van der Waals surface area (Å²) in [6.07, 6.45) is -5.90. The van der Waals surface area contributed by atoms with Crippen LogP contribution in [-0.2, 0) is 22.3 Å². The van der Waals surface area contributed by atoms with Crippen molar-refractivity contribution < 1.29 is 36.8 Å². The largest absolute Gasteiger partial charge is 0.489 e. The van der Waals surface area contributed by atoms with Gasteiger partial charge in [0.2, 0.25) is 0 Å². The summed E-state index contributed by atoms with van der Waals surface area (Å²) in [6.45, 7) is 5.10. The van der Waals surface area contributed by atoms with Crippen LogP contribution in [0.25, 0.3) is 0 Å². The number of hydrogen-bond donors (Lipinski definition) is 1. The van der Waals surface area contributed by atoms with E-state index in [0.717, 1.165) is 23.4 Å². The van der Waals surface area contributed by atoms with Crippen LogP contribution in [0.1, 0.15) is 39.9 Å².